The molecule has 0 fully saturated rings. The van der Waals surface area contributed by atoms with Crippen LogP contribution in [0.5, 0.6) is 5.06 Å². The Morgan fingerprint density at radius 2 is 2.33 bits per heavy atom. The number of carbonyl (C=O) groups excluding carboxylic acids is 1. The third-order valence-electron chi connectivity index (χ3n) is 2.15. The second-order valence-corrected chi connectivity index (χ2v) is 4.38. The lowest BCUT2D eigenvalue weighted by Crippen LogP contribution is -2.05. The summed E-state index contributed by atoms with van der Waals surface area (Å²) in [6, 6.07) is 5.78. The van der Waals surface area contributed by atoms with Crippen molar-refractivity contribution in [2.75, 3.05) is 6.61 Å². The fraction of sp³-hybridized carbons (Fsp3) is 0.167. The number of ether oxygens (including phenoxy) is 1. The molecule has 1 aromatic heterocycles. The second kappa shape index (κ2) is 5.14. The summed E-state index contributed by atoms with van der Waals surface area (Å²) in [5.74, 6) is -1.09. The Kier molecular flexibility index (Phi) is 3.57. The van der Waals surface area contributed by atoms with Crippen LogP contribution in [0.15, 0.2) is 24.3 Å². The number of carbonyl (C=O) groups is 1. The van der Waals surface area contributed by atoms with Gasteiger partial charge in [0.25, 0.3) is 0 Å². The second-order valence-electron chi connectivity index (χ2n) is 3.40. The van der Waals surface area contributed by atoms with E-state index in [1.807, 2.05) is 0 Å². The lowest BCUT2D eigenvalue weighted by molar-refractivity contribution is 0.0517. The molecular formula is C12H10FNO3S. The van der Waals surface area contributed by atoms with Gasteiger partial charge in [0.15, 0.2) is 0 Å². The molecule has 0 aliphatic carbocycles. The van der Waals surface area contributed by atoms with E-state index in [-0.39, 0.29) is 17.4 Å². The average molecular weight is 267 g/mol. The zero-order valence-electron chi connectivity index (χ0n) is 9.51. The van der Waals surface area contributed by atoms with Crippen LogP contribution in [0.1, 0.15) is 17.4 Å². The number of esters is 1. The molecule has 18 heavy (non-hydrogen) atoms. The number of benzene rings is 1. The number of halogens is 1. The van der Waals surface area contributed by atoms with E-state index >= 15 is 0 Å². The number of aromatic hydroxyl groups is 1. The van der Waals surface area contributed by atoms with E-state index in [0.717, 1.165) is 11.3 Å². The van der Waals surface area contributed by atoms with Gasteiger partial charge >= 0.3 is 5.97 Å². The fourth-order valence-electron chi connectivity index (χ4n) is 1.39. The maximum atomic E-state index is 13.1. The van der Waals surface area contributed by atoms with Crippen LogP contribution in [0, 0.1) is 5.82 Å². The highest BCUT2D eigenvalue weighted by Crippen LogP contribution is 2.33. The molecule has 1 N–H and O–H groups in total. The highest BCUT2D eigenvalue weighted by atomic mass is 32.1. The molecule has 94 valence electrons. The minimum Gasteiger partial charge on any atom is -0.498 e. The van der Waals surface area contributed by atoms with Gasteiger partial charge in [0, 0.05) is 5.56 Å². The van der Waals surface area contributed by atoms with E-state index in [4.69, 9.17) is 4.74 Å². The zero-order chi connectivity index (χ0) is 13.1. The van der Waals surface area contributed by atoms with Gasteiger partial charge in [-0.3, -0.25) is 0 Å². The summed E-state index contributed by atoms with van der Waals surface area (Å²) < 4.78 is 17.8. The molecule has 4 nitrogen and oxygen atoms in total. The lowest BCUT2D eigenvalue weighted by Gasteiger charge is -1.97. The highest BCUT2D eigenvalue weighted by molar-refractivity contribution is 7.17. The highest BCUT2D eigenvalue weighted by Gasteiger charge is 2.19. The molecule has 0 bridgehead atoms. The first-order valence-electron chi connectivity index (χ1n) is 5.24. The molecule has 0 aliphatic rings. The maximum Gasteiger partial charge on any atom is 0.361 e. The van der Waals surface area contributed by atoms with Crippen molar-refractivity contribution in [3.8, 4) is 15.6 Å². The predicted octanol–water partition coefficient (Wildman–Crippen LogP) is 2.83. The molecule has 2 rings (SSSR count). The van der Waals surface area contributed by atoms with Gasteiger partial charge in [-0.1, -0.05) is 23.5 Å². The third kappa shape index (κ3) is 2.48. The van der Waals surface area contributed by atoms with Gasteiger partial charge in [-0.25, -0.2) is 14.2 Å². The van der Waals surface area contributed by atoms with Crippen molar-refractivity contribution >= 4 is 17.3 Å². The van der Waals surface area contributed by atoms with Crippen LogP contribution in [-0.2, 0) is 4.74 Å². The smallest absolute Gasteiger partial charge is 0.361 e. The molecule has 1 heterocycles. The Morgan fingerprint density at radius 3 is 3.00 bits per heavy atom. The van der Waals surface area contributed by atoms with Gasteiger partial charge in [-0.05, 0) is 19.1 Å². The molecule has 0 saturated carbocycles. The Morgan fingerprint density at radius 1 is 1.56 bits per heavy atom. The molecule has 1 aromatic carbocycles. The minimum atomic E-state index is -0.686. The van der Waals surface area contributed by atoms with Crippen molar-refractivity contribution < 1.29 is 19.0 Å². The van der Waals surface area contributed by atoms with Crippen LogP contribution < -0.4 is 0 Å². The van der Waals surface area contributed by atoms with Crippen molar-refractivity contribution in [2.24, 2.45) is 0 Å². The van der Waals surface area contributed by atoms with Crippen LogP contribution in [0.25, 0.3) is 10.6 Å². The quantitative estimate of drug-likeness (QED) is 0.869. The van der Waals surface area contributed by atoms with Crippen molar-refractivity contribution in [1.29, 1.82) is 0 Å². The van der Waals surface area contributed by atoms with Crippen molar-refractivity contribution in [3.63, 3.8) is 0 Å². The average Bonchev–Trinajstić information content (AvgIpc) is 2.72. The van der Waals surface area contributed by atoms with Crippen molar-refractivity contribution in [2.45, 2.75) is 6.92 Å². The van der Waals surface area contributed by atoms with Crippen molar-refractivity contribution in [1.82, 2.24) is 4.98 Å². The van der Waals surface area contributed by atoms with E-state index in [0.29, 0.717) is 10.6 Å². The molecule has 6 heteroatoms. The molecule has 0 atom stereocenters. The van der Waals surface area contributed by atoms with Crippen LogP contribution in [0.3, 0.4) is 0 Å². The number of rotatable bonds is 3. The Hall–Kier alpha value is -1.95. The summed E-state index contributed by atoms with van der Waals surface area (Å²) in [4.78, 5) is 15.4. The SMILES string of the molecule is CCOC(=O)c1nc(-c2cccc(F)c2)sc1O. The summed E-state index contributed by atoms with van der Waals surface area (Å²) in [6.45, 7) is 1.86. The van der Waals surface area contributed by atoms with Crippen molar-refractivity contribution in [3.05, 3.63) is 35.8 Å². The molecule has 0 aliphatic heterocycles. The number of nitrogens with zero attached hydrogens (tertiary/aromatic N) is 1. The van der Waals surface area contributed by atoms with Gasteiger partial charge in [-0.2, -0.15) is 0 Å². The van der Waals surface area contributed by atoms with E-state index in [1.165, 1.54) is 18.2 Å². The number of hydrogen-bond donors (Lipinski definition) is 1. The summed E-state index contributed by atoms with van der Waals surface area (Å²) in [5, 5.41) is 9.76. The summed E-state index contributed by atoms with van der Waals surface area (Å²) in [5.41, 5.74) is 0.368. The van der Waals surface area contributed by atoms with E-state index < -0.39 is 11.8 Å². The Bertz CT molecular complexity index is 582. The van der Waals surface area contributed by atoms with Crippen LogP contribution in [0.2, 0.25) is 0 Å². The third-order valence-corrected chi connectivity index (χ3v) is 3.06. The van der Waals surface area contributed by atoms with Gasteiger partial charge in [-0.15, -0.1) is 0 Å². The number of thiazole rings is 1. The first kappa shape index (κ1) is 12.5. The van der Waals surface area contributed by atoms with Gasteiger partial charge in [0.05, 0.1) is 6.61 Å². The summed E-state index contributed by atoms with van der Waals surface area (Å²) >= 11 is 0.907. The van der Waals surface area contributed by atoms with Gasteiger partial charge in [0.2, 0.25) is 10.8 Å². The molecule has 0 amide bonds. The summed E-state index contributed by atoms with van der Waals surface area (Å²) in [6.07, 6.45) is 0. The Labute approximate surface area is 107 Å². The molecule has 0 saturated heterocycles. The maximum absolute atomic E-state index is 13.1. The Balaban J connectivity index is 2.37. The largest absolute Gasteiger partial charge is 0.498 e. The molecular weight excluding hydrogens is 257 g/mol. The zero-order valence-corrected chi connectivity index (χ0v) is 10.3. The predicted molar refractivity (Wildman–Crippen MR) is 65.1 cm³/mol. The van der Waals surface area contributed by atoms with E-state index in [1.54, 1.807) is 13.0 Å². The fourth-order valence-corrected chi connectivity index (χ4v) is 2.18. The molecule has 0 spiro atoms. The molecule has 2 aromatic rings. The van der Waals surface area contributed by atoms with E-state index in [2.05, 4.69) is 4.98 Å². The normalized spacial score (nSPS) is 10.3. The van der Waals surface area contributed by atoms with Gasteiger partial charge in [0.1, 0.15) is 10.8 Å². The standard InChI is InChI=1S/C12H10FNO3S/c1-2-17-11(15)9-12(16)18-10(14-9)7-4-3-5-8(13)6-7/h3-6,16H,2H2,1H3. The summed E-state index contributed by atoms with van der Waals surface area (Å²) in [7, 11) is 0. The van der Waals surface area contributed by atoms with Gasteiger partial charge < -0.3 is 9.84 Å². The number of aromatic nitrogens is 1. The van der Waals surface area contributed by atoms with Crippen LogP contribution in [-0.4, -0.2) is 22.7 Å². The first-order chi connectivity index (χ1) is 8.61. The first-order valence-corrected chi connectivity index (χ1v) is 6.06. The molecule has 0 unspecified atom stereocenters. The monoisotopic (exact) mass is 267 g/mol. The molecule has 0 radical (unpaired) electrons. The lowest BCUT2D eigenvalue weighted by atomic mass is 10.2. The van der Waals surface area contributed by atoms with Crippen LogP contribution >= 0.6 is 11.3 Å². The number of hydrogen-bond acceptors (Lipinski definition) is 5. The minimum absolute atomic E-state index is 0.138. The topological polar surface area (TPSA) is 59.4 Å². The van der Waals surface area contributed by atoms with E-state index in [9.17, 15) is 14.3 Å². The van der Waals surface area contributed by atoms with Crippen LogP contribution in [0.4, 0.5) is 4.39 Å².